The van der Waals surface area contributed by atoms with Crippen molar-refractivity contribution >= 4 is 21.8 Å². The van der Waals surface area contributed by atoms with E-state index in [4.69, 9.17) is 0 Å². The van der Waals surface area contributed by atoms with Crippen LogP contribution in [0.15, 0.2) is 16.7 Å². The minimum Gasteiger partial charge on any atom is -0.356 e. The number of likely N-dealkylation sites (tertiary alicyclic amines) is 1. The van der Waals surface area contributed by atoms with E-state index in [0.717, 1.165) is 17.6 Å². The topological polar surface area (TPSA) is 36.1 Å². The van der Waals surface area contributed by atoms with Crippen LogP contribution in [0.2, 0.25) is 0 Å². The van der Waals surface area contributed by atoms with E-state index in [1.807, 2.05) is 11.0 Å². The number of H-pyrrole nitrogens is 1. The van der Waals surface area contributed by atoms with Crippen molar-refractivity contribution in [3.8, 4) is 0 Å². The van der Waals surface area contributed by atoms with Crippen LogP contribution in [0.3, 0.4) is 0 Å². The normalized spacial score (nSPS) is 25.8. The predicted molar refractivity (Wildman–Crippen MR) is 67.3 cm³/mol. The van der Waals surface area contributed by atoms with E-state index in [0.29, 0.717) is 17.5 Å². The van der Waals surface area contributed by atoms with Crippen LogP contribution in [-0.2, 0) is 0 Å². The first-order valence-electron chi connectivity index (χ1n) is 5.69. The Hall–Kier alpha value is -0.770. The Labute approximate surface area is 104 Å². The summed E-state index contributed by atoms with van der Waals surface area (Å²) in [5, 5.41) is 0. The fourth-order valence-electron chi connectivity index (χ4n) is 2.49. The van der Waals surface area contributed by atoms with Crippen LogP contribution in [0.5, 0.6) is 0 Å². The van der Waals surface area contributed by atoms with E-state index in [2.05, 4.69) is 34.8 Å². The second kappa shape index (κ2) is 4.62. The first-order valence-corrected chi connectivity index (χ1v) is 6.48. The molecule has 0 aliphatic carbocycles. The Kier molecular flexibility index (Phi) is 3.38. The van der Waals surface area contributed by atoms with Gasteiger partial charge in [-0.05, 0) is 40.3 Å². The minimum absolute atomic E-state index is 0.115. The molecule has 16 heavy (non-hydrogen) atoms. The molecule has 0 spiro atoms. The van der Waals surface area contributed by atoms with Crippen LogP contribution >= 0.6 is 15.9 Å². The predicted octanol–water partition coefficient (Wildman–Crippen LogP) is 2.90. The maximum absolute atomic E-state index is 12.2. The van der Waals surface area contributed by atoms with Crippen LogP contribution in [0, 0.1) is 11.8 Å². The summed E-state index contributed by atoms with van der Waals surface area (Å²) in [6.07, 6.45) is 3.02. The van der Waals surface area contributed by atoms with Crippen LogP contribution in [0.4, 0.5) is 0 Å². The molecule has 1 aromatic heterocycles. The molecule has 1 aromatic rings. The van der Waals surface area contributed by atoms with Crippen molar-refractivity contribution in [3.63, 3.8) is 0 Å². The lowest BCUT2D eigenvalue weighted by Gasteiger charge is -2.34. The summed E-state index contributed by atoms with van der Waals surface area (Å²) in [4.78, 5) is 17.1. The summed E-state index contributed by atoms with van der Waals surface area (Å²) in [5.41, 5.74) is 0.674. The zero-order chi connectivity index (χ0) is 11.7. The summed E-state index contributed by atoms with van der Waals surface area (Å²) < 4.78 is 0.925. The molecule has 2 heterocycles. The van der Waals surface area contributed by atoms with Crippen molar-refractivity contribution in [2.24, 2.45) is 11.8 Å². The van der Waals surface area contributed by atoms with Gasteiger partial charge in [0.2, 0.25) is 0 Å². The van der Waals surface area contributed by atoms with Gasteiger partial charge in [0.05, 0.1) is 0 Å². The molecule has 2 atom stereocenters. The number of hydrogen-bond acceptors (Lipinski definition) is 1. The number of rotatable bonds is 1. The third kappa shape index (κ3) is 2.48. The summed E-state index contributed by atoms with van der Waals surface area (Å²) >= 11 is 3.35. The fourth-order valence-corrected chi connectivity index (χ4v) is 2.83. The molecule has 0 saturated carbocycles. The quantitative estimate of drug-likeness (QED) is 0.846. The molecule has 1 aliphatic rings. The summed E-state index contributed by atoms with van der Waals surface area (Å²) in [6.45, 7) is 6.17. The molecule has 2 unspecified atom stereocenters. The van der Waals surface area contributed by atoms with Gasteiger partial charge in [-0.15, -0.1) is 0 Å². The molecule has 1 aliphatic heterocycles. The highest BCUT2D eigenvalue weighted by atomic mass is 79.9. The fraction of sp³-hybridized carbons (Fsp3) is 0.583. The Balaban J connectivity index is 2.09. The smallest absolute Gasteiger partial charge is 0.270 e. The number of halogens is 1. The van der Waals surface area contributed by atoms with Crippen molar-refractivity contribution in [1.82, 2.24) is 9.88 Å². The van der Waals surface area contributed by atoms with Gasteiger partial charge in [-0.1, -0.05) is 13.8 Å². The summed E-state index contributed by atoms with van der Waals surface area (Å²) in [7, 11) is 0. The molecule has 1 amide bonds. The van der Waals surface area contributed by atoms with Gasteiger partial charge in [-0.25, -0.2) is 0 Å². The number of nitrogens with zero attached hydrogens (tertiary/aromatic N) is 1. The average molecular weight is 285 g/mol. The Morgan fingerprint density at radius 1 is 1.44 bits per heavy atom. The molecule has 0 aromatic carbocycles. The number of aromatic amines is 1. The number of aromatic nitrogens is 1. The average Bonchev–Trinajstić information content (AvgIpc) is 2.62. The molecule has 1 N–H and O–H groups in total. The van der Waals surface area contributed by atoms with E-state index in [9.17, 15) is 4.79 Å². The van der Waals surface area contributed by atoms with Gasteiger partial charge in [0.1, 0.15) is 5.69 Å². The van der Waals surface area contributed by atoms with Gasteiger partial charge < -0.3 is 9.88 Å². The minimum atomic E-state index is 0.115. The number of hydrogen-bond donors (Lipinski definition) is 1. The standard InChI is InChI=1S/C12H17BrN2O/c1-8-3-9(2)7-15(6-8)12(16)11-4-10(13)5-14-11/h4-5,8-9,14H,3,6-7H2,1-2H3. The van der Waals surface area contributed by atoms with Crippen molar-refractivity contribution in [3.05, 3.63) is 22.4 Å². The number of piperidine rings is 1. The third-order valence-corrected chi connectivity index (χ3v) is 3.49. The molecule has 88 valence electrons. The van der Waals surface area contributed by atoms with Crippen molar-refractivity contribution in [2.45, 2.75) is 20.3 Å². The van der Waals surface area contributed by atoms with E-state index in [1.54, 1.807) is 6.20 Å². The van der Waals surface area contributed by atoms with Crippen LogP contribution in [0.25, 0.3) is 0 Å². The van der Waals surface area contributed by atoms with Gasteiger partial charge in [0.25, 0.3) is 5.91 Å². The first-order chi connectivity index (χ1) is 7.56. The van der Waals surface area contributed by atoms with Gasteiger partial charge in [0, 0.05) is 23.8 Å². The van der Waals surface area contributed by atoms with E-state index in [-0.39, 0.29) is 5.91 Å². The second-order valence-electron chi connectivity index (χ2n) is 4.89. The maximum Gasteiger partial charge on any atom is 0.270 e. The van der Waals surface area contributed by atoms with Gasteiger partial charge in [-0.2, -0.15) is 0 Å². The van der Waals surface area contributed by atoms with Crippen molar-refractivity contribution in [1.29, 1.82) is 0 Å². The molecular weight excluding hydrogens is 268 g/mol. The van der Waals surface area contributed by atoms with Crippen LogP contribution in [-0.4, -0.2) is 28.9 Å². The van der Waals surface area contributed by atoms with E-state index >= 15 is 0 Å². The third-order valence-electron chi connectivity index (χ3n) is 3.03. The lowest BCUT2D eigenvalue weighted by molar-refractivity contribution is 0.0618. The summed E-state index contributed by atoms with van der Waals surface area (Å²) in [5.74, 6) is 1.32. The molecule has 0 radical (unpaired) electrons. The maximum atomic E-state index is 12.2. The Morgan fingerprint density at radius 2 is 2.06 bits per heavy atom. The highest BCUT2D eigenvalue weighted by Gasteiger charge is 2.26. The lowest BCUT2D eigenvalue weighted by Crippen LogP contribution is -2.42. The zero-order valence-electron chi connectivity index (χ0n) is 9.66. The molecule has 0 bridgehead atoms. The number of carbonyl (C=O) groups is 1. The Morgan fingerprint density at radius 3 is 2.56 bits per heavy atom. The second-order valence-corrected chi connectivity index (χ2v) is 5.80. The number of carbonyl (C=O) groups excluding carboxylic acids is 1. The Bertz CT molecular complexity index is 378. The molecule has 1 saturated heterocycles. The number of nitrogens with one attached hydrogen (secondary N) is 1. The largest absolute Gasteiger partial charge is 0.356 e. The molecule has 4 heteroatoms. The molecule has 3 nitrogen and oxygen atoms in total. The summed E-state index contributed by atoms with van der Waals surface area (Å²) in [6, 6.07) is 1.84. The first kappa shape index (κ1) is 11.7. The molecular formula is C12H17BrN2O. The van der Waals surface area contributed by atoms with Gasteiger partial charge in [0.15, 0.2) is 0 Å². The zero-order valence-corrected chi connectivity index (χ0v) is 11.3. The monoisotopic (exact) mass is 284 g/mol. The van der Waals surface area contributed by atoms with Crippen molar-refractivity contribution in [2.75, 3.05) is 13.1 Å². The van der Waals surface area contributed by atoms with Crippen LogP contribution < -0.4 is 0 Å². The SMILES string of the molecule is CC1CC(C)CN(C(=O)c2cc(Br)c[nH]2)C1. The highest BCUT2D eigenvalue weighted by Crippen LogP contribution is 2.22. The van der Waals surface area contributed by atoms with Crippen molar-refractivity contribution < 1.29 is 4.79 Å². The lowest BCUT2D eigenvalue weighted by atomic mass is 9.92. The van der Waals surface area contributed by atoms with E-state index in [1.165, 1.54) is 6.42 Å². The van der Waals surface area contributed by atoms with Gasteiger partial charge in [-0.3, -0.25) is 4.79 Å². The van der Waals surface area contributed by atoms with E-state index < -0.39 is 0 Å². The van der Waals surface area contributed by atoms with Gasteiger partial charge >= 0.3 is 0 Å². The number of amides is 1. The molecule has 1 fully saturated rings. The molecule has 2 rings (SSSR count). The van der Waals surface area contributed by atoms with Crippen LogP contribution in [0.1, 0.15) is 30.8 Å². The highest BCUT2D eigenvalue weighted by molar-refractivity contribution is 9.10.